The van der Waals surface area contributed by atoms with E-state index in [4.69, 9.17) is 4.98 Å². The van der Waals surface area contributed by atoms with Crippen LogP contribution in [0.2, 0.25) is 0 Å². The highest BCUT2D eigenvalue weighted by Gasteiger charge is 2.10. The molecule has 0 atom stereocenters. The van der Waals surface area contributed by atoms with Crippen LogP contribution in [-0.2, 0) is 19.4 Å². The topological polar surface area (TPSA) is 17.8 Å². The first kappa shape index (κ1) is 13.2. The maximum Gasteiger partial charge on any atom is 0.110 e. The fourth-order valence-corrected chi connectivity index (χ4v) is 2.38. The third-order valence-corrected chi connectivity index (χ3v) is 3.29. The first-order valence-corrected chi connectivity index (χ1v) is 7.02. The van der Waals surface area contributed by atoms with E-state index < -0.39 is 0 Å². The van der Waals surface area contributed by atoms with Crippen molar-refractivity contribution >= 4 is 23.7 Å². The molecule has 0 spiro atoms. The van der Waals surface area contributed by atoms with Crippen molar-refractivity contribution in [3.8, 4) is 0 Å². The SMILES string of the molecule is C=C(C)Cn1c(CCS)nc2cc(CC)ccc21. The molecule has 18 heavy (non-hydrogen) atoms. The Bertz CT molecular complexity index is 569. The molecular formula is C15H20N2S. The molecule has 1 aromatic carbocycles. The Morgan fingerprint density at radius 1 is 1.44 bits per heavy atom. The van der Waals surface area contributed by atoms with E-state index in [0.717, 1.165) is 42.1 Å². The molecule has 3 heteroatoms. The van der Waals surface area contributed by atoms with E-state index in [1.165, 1.54) is 11.1 Å². The zero-order valence-corrected chi connectivity index (χ0v) is 12.0. The highest BCUT2D eigenvalue weighted by Crippen LogP contribution is 2.20. The van der Waals surface area contributed by atoms with Gasteiger partial charge in [-0.15, -0.1) is 0 Å². The molecule has 2 rings (SSSR count). The van der Waals surface area contributed by atoms with Gasteiger partial charge in [0.05, 0.1) is 11.0 Å². The molecule has 0 N–H and O–H groups in total. The lowest BCUT2D eigenvalue weighted by Gasteiger charge is -2.08. The number of hydrogen-bond acceptors (Lipinski definition) is 2. The van der Waals surface area contributed by atoms with Crippen molar-refractivity contribution in [1.82, 2.24) is 9.55 Å². The fourth-order valence-electron chi connectivity index (χ4n) is 2.18. The molecule has 0 amide bonds. The van der Waals surface area contributed by atoms with Gasteiger partial charge in [0.2, 0.25) is 0 Å². The van der Waals surface area contributed by atoms with Crippen LogP contribution in [0.4, 0.5) is 0 Å². The Kier molecular flexibility index (Phi) is 4.12. The number of fused-ring (bicyclic) bond motifs is 1. The smallest absolute Gasteiger partial charge is 0.110 e. The van der Waals surface area contributed by atoms with Gasteiger partial charge in [0, 0.05) is 13.0 Å². The molecule has 0 aliphatic carbocycles. The molecule has 1 aromatic heterocycles. The van der Waals surface area contributed by atoms with Crippen LogP contribution in [0.15, 0.2) is 30.4 Å². The average Bonchev–Trinajstić information content (AvgIpc) is 2.66. The fraction of sp³-hybridized carbons (Fsp3) is 0.400. The van der Waals surface area contributed by atoms with Crippen LogP contribution in [0.25, 0.3) is 11.0 Å². The number of thiol groups is 1. The summed E-state index contributed by atoms with van der Waals surface area (Å²) in [4.78, 5) is 4.74. The number of imidazole rings is 1. The summed E-state index contributed by atoms with van der Waals surface area (Å²) in [6.45, 7) is 9.06. The van der Waals surface area contributed by atoms with Gasteiger partial charge in [-0.25, -0.2) is 4.98 Å². The summed E-state index contributed by atoms with van der Waals surface area (Å²) in [5.74, 6) is 1.93. The van der Waals surface area contributed by atoms with Crippen molar-refractivity contribution in [2.24, 2.45) is 0 Å². The van der Waals surface area contributed by atoms with E-state index in [0.29, 0.717) is 0 Å². The zero-order chi connectivity index (χ0) is 13.1. The molecule has 0 saturated carbocycles. The minimum atomic E-state index is 0.820. The number of allylic oxidation sites excluding steroid dienone is 1. The second-order valence-electron chi connectivity index (χ2n) is 4.72. The van der Waals surface area contributed by atoms with Gasteiger partial charge < -0.3 is 4.57 Å². The Morgan fingerprint density at radius 3 is 2.83 bits per heavy atom. The number of aromatic nitrogens is 2. The Morgan fingerprint density at radius 2 is 2.22 bits per heavy atom. The van der Waals surface area contributed by atoms with Crippen molar-refractivity contribution < 1.29 is 0 Å². The molecule has 0 bridgehead atoms. The minimum absolute atomic E-state index is 0.820. The van der Waals surface area contributed by atoms with Crippen LogP contribution < -0.4 is 0 Å². The van der Waals surface area contributed by atoms with Crippen LogP contribution in [0.3, 0.4) is 0 Å². The summed E-state index contributed by atoms with van der Waals surface area (Å²) < 4.78 is 2.26. The minimum Gasteiger partial charge on any atom is -0.324 e. The highest BCUT2D eigenvalue weighted by atomic mass is 32.1. The normalized spacial score (nSPS) is 11.1. The number of nitrogens with zero attached hydrogens (tertiary/aromatic N) is 2. The first-order valence-electron chi connectivity index (χ1n) is 6.39. The third-order valence-electron chi connectivity index (χ3n) is 3.06. The molecule has 96 valence electrons. The second-order valence-corrected chi connectivity index (χ2v) is 5.17. The van der Waals surface area contributed by atoms with E-state index in [-0.39, 0.29) is 0 Å². The van der Waals surface area contributed by atoms with Crippen LogP contribution in [0.1, 0.15) is 25.2 Å². The quantitative estimate of drug-likeness (QED) is 0.642. The molecule has 0 aliphatic rings. The van der Waals surface area contributed by atoms with Gasteiger partial charge in [-0.3, -0.25) is 0 Å². The van der Waals surface area contributed by atoms with Crippen LogP contribution >= 0.6 is 12.6 Å². The number of benzene rings is 1. The average molecular weight is 260 g/mol. The highest BCUT2D eigenvalue weighted by molar-refractivity contribution is 7.80. The molecule has 0 unspecified atom stereocenters. The maximum absolute atomic E-state index is 4.74. The van der Waals surface area contributed by atoms with Crippen molar-refractivity contribution in [2.45, 2.75) is 33.2 Å². The zero-order valence-electron chi connectivity index (χ0n) is 11.1. The summed E-state index contributed by atoms with van der Waals surface area (Å²) >= 11 is 4.31. The number of rotatable bonds is 5. The standard InChI is InChI=1S/C15H20N2S/c1-4-12-5-6-14-13(9-12)16-15(7-8-18)17(14)10-11(2)3/h5-6,9,18H,2,4,7-8,10H2,1,3H3. The van der Waals surface area contributed by atoms with Gasteiger partial charge in [0.15, 0.2) is 0 Å². The first-order chi connectivity index (χ1) is 8.65. The van der Waals surface area contributed by atoms with E-state index in [1.807, 2.05) is 0 Å². The van der Waals surface area contributed by atoms with Crippen molar-refractivity contribution in [3.63, 3.8) is 0 Å². The lowest BCUT2D eigenvalue weighted by Crippen LogP contribution is -2.05. The van der Waals surface area contributed by atoms with Gasteiger partial charge in [-0.1, -0.05) is 25.1 Å². The summed E-state index contributed by atoms with van der Waals surface area (Å²) in [6.07, 6.45) is 1.94. The second kappa shape index (κ2) is 5.61. The summed E-state index contributed by atoms with van der Waals surface area (Å²) in [5, 5.41) is 0. The van der Waals surface area contributed by atoms with Gasteiger partial charge in [-0.2, -0.15) is 12.6 Å². The Balaban J connectivity index is 2.55. The molecule has 1 heterocycles. The predicted molar refractivity (Wildman–Crippen MR) is 81.5 cm³/mol. The van der Waals surface area contributed by atoms with Crippen molar-refractivity contribution in [1.29, 1.82) is 0 Å². The van der Waals surface area contributed by atoms with Crippen LogP contribution in [0, 0.1) is 0 Å². The Hall–Kier alpha value is -1.22. The van der Waals surface area contributed by atoms with Crippen molar-refractivity contribution in [2.75, 3.05) is 5.75 Å². The summed E-state index contributed by atoms with van der Waals surface area (Å²) in [7, 11) is 0. The van der Waals surface area contributed by atoms with Crippen molar-refractivity contribution in [3.05, 3.63) is 41.7 Å². The molecular weight excluding hydrogens is 240 g/mol. The van der Waals surface area contributed by atoms with Crippen LogP contribution in [-0.4, -0.2) is 15.3 Å². The predicted octanol–water partition coefficient (Wildman–Crippen LogP) is 3.65. The largest absolute Gasteiger partial charge is 0.324 e. The van der Waals surface area contributed by atoms with E-state index in [9.17, 15) is 0 Å². The molecule has 0 saturated heterocycles. The number of hydrogen-bond donors (Lipinski definition) is 1. The molecule has 2 nitrogen and oxygen atoms in total. The Labute approximate surface area is 114 Å². The van der Waals surface area contributed by atoms with Gasteiger partial charge >= 0.3 is 0 Å². The number of aryl methyl sites for hydroxylation is 2. The summed E-state index contributed by atoms with van der Waals surface area (Å²) in [5.41, 5.74) is 4.77. The molecule has 2 aromatic rings. The van der Waals surface area contributed by atoms with E-state index >= 15 is 0 Å². The van der Waals surface area contributed by atoms with Gasteiger partial charge in [0.25, 0.3) is 0 Å². The van der Waals surface area contributed by atoms with Gasteiger partial charge in [0.1, 0.15) is 5.82 Å². The monoisotopic (exact) mass is 260 g/mol. The third kappa shape index (κ3) is 2.61. The molecule has 0 aliphatic heterocycles. The van der Waals surface area contributed by atoms with E-state index in [1.54, 1.807) is 0 Å². The summed E-state index contributed by atoms with van der Waals surface area (Å²) in [6, 6.07) is 6.54. The lowest BCUT2D eigenvalue weighted by atomic mass is 10.1. The molecule has 0 fully saturated rings. The molecule has 0 radical (unpaired) electrons. The lowest BCUT2D eigenvalue weighted by molar-refractivity contribution is 0.747. The van der Waals surface area contributed by atoms with Gasteiger partial charge in [-0.05, 0) is 36.8 Å². The maximum atomic E-state index is 4.74. The van der Waals surface area contributed by atoms with E-state index in [2.05, 4.69) is 55.8 Å². The van der Waals surface area contributed by atoms with Crippen LogP contribution in [0.5, 0.6) is 0 Å².